The number of phenolic OH excluding ortho intramolecular Hbond substituents is 1. The molecule has 0 heterocycles. The maximum absolute atomic E-state index is 12.3. The molecule has 0 aliphatic heterocycles. The molecule has 3 aromatic carbocycles. The average Bonchev–Trinajstić information content (AvgIpc) is 2.61. The Morgan fingerprint density at radius 1 is 1.00 bits per heavy atom. The quantitative estimate of drug-likeness (QED) is 0.354. The highest BCUT2D eigenvalue weighted by atomic mass is 32.2. The van der Waals surface area contributed by atoms with Crippen LogP contribution in [0.15, 0.2) is 59.5 Å². The third-order valence-electron chi connectivity index (χ3n) is 3.83. The first-order valence-corrected chi connectivity index (χ1v) is 8.90. The number of rotatable bonds is 4. The maximum atomic E-state index is 12.3. The fraction of sp³-hybridized carbons (Fsp3) is 0. The van der Waals surface area contributed by atoms with Crippen LogP contribution >= 0.6 is 0 Å². The van der Waals surface area contributed by atoms with Gasteiger partial charge in [-0.15, -0.1) is 0 Å². The molecule has 0 radical (unpaired) electrons. The van der Waals surface area contributed by atoms with Gasteiger partial charge in [-0.05, 0) is 42.5 Å². The maximum Gasteiger partial charge on any atom is 0.295 e. The van der Waals surface area contributed by atoms with Crippen LogP contribution in [0.3, 0.4) is 0 Å². The summed E-state index contributed by atoms with van der Waals surface area (Å²) in [4.78, 5) is 21.9. The summed E-state index contributed by atoms with van der Waals surface area (Å²) in [6, 6.07) is 11.3. The number of nitrogens with one attached hydrogen (secondary N) is 1. The van der Waals surface area contributed by atoms with Gasteiger partial charge >= 0.3 is 0 Å². The van der Waals surface area contributed by atoms with Crippen LogP contribution in [0.5, 0.6) is 5.75 Å². The Morgan fingerprint density at radius 3 is 2.26 bits per heavy atom. The van der Waals surface area contributed by atoms with Crippen LogP contribution in [-0.4, -0.2) is 28.9 Å². The van der Waals surface area contributed by atoms with E-state index >= 15 is 0 Å². The number of nitro groups is 1. The van der Waals surface area contributed by atoms with Gasteiger partial charge in [0.15, 0.2) is 0 Å². The van der Waals surface area contributed by atoms with Gasteiger partial charge in [-0.25, -0.2) is 0 Å². The van der Waals surface area contributed by atoms with Crippen LogP contribution in [0.4, 0.5) is 11.4 Å². The highest BCUT2D eigenvalue weighted by molar-refractivity contribution is 7.86. The second kappa shape index (κ2) is 6.67. The number of anilines is 1. The van der Waals surface area contributed by atoms with Gasteiger partial charge in [0.25, 0.3) is 21.7 Å². The summed E-state index contributed by atoms with van der Waals surface area (Å²) in [6.45, 7) is 0. The summed E-state index contributed by atoms with van der Waals surface area (Å²) < 4.78 is 32.4. The van der Waals surface area contributed by atoms with Crippen molar-refractivity contribution in [2.45, 2.75) is 4.90 Å². The number of carbonyl (C=O) groups excluding carboxylic acids is 1. The average molecular weight is 388 g/mol. The number of nitro benzene ring substituents is 1. The van der Waals surface area contributed by atoms with Crippen molar-refractivity contribution in [3.63, 3.8) is 0 Å². The number of fused-ring (bicyclic) bond motifs is 1. The van der Waals surface area contributed by atoms with Crippen molar-refractivity contribution in [3.8, 4) is 5.75 Å². The fourth-order valence-corrected chi connectivity index (χ4v) is 3.23. The highest BCUT2D eigenvalue weighted by Crippen LogP contribution is 2.32. The van der Waals surface area contributed by atoms with E-state index in [0.717, 1.165) is 12.1 Å². The van der Waals surface area contributed by atoms with Crippen LogP contribution in [0, 0.1) is 10.1 Å². The molecule has 3 rings (SSSR count). The molecule has 3 N–H and O–H groups in total. The zero-order valence-electron chi connectivity index (χ0n) is 13.5. The van der Waals surface area contributed by atoms with Crippen molar-refractivity contribution in [1.29, 1.82) is 0 Å². The van der Waals surface area contributed by atoms with Gasteiger partial charge in [0.2, 0.25) is 0 Å². The molecule has 27 heavy (non-hydrogen) atoms. The molecule has 0 saturated heterocycles. The van der Waals surface area contributed by atoms with E-state index < -0.39 is 25.8 Å². The van der Waals surface area contributed by atoms with Gasteiger partial charge in [0, 0.05) is 34.2 Å². The normalized spacial score (nSPS) is 11.3. The number of aromatic hydroxyl groups is 1. The number of hydrogen-bond acceptors (Lipinski definition) is 6. The molecule has 0 bridgehead atoms. The number of benzene rings is 3. The fourth-order valence-electron chi connectivity index (χ4n) is 2.55. The zero-order chi connectivity index (χ0) is 19.8. The van der Waals surface area contributed by atoms with Gasteiger partial charge in [-0.2, -0.15) is 8.42 Å². The zero-order valence-corrected chi connectivity index (χ0v) is 14.3. The number of hydrogen-bond donors (Lipinski definition) is 3. The lowest BCUT2D eigenvalue weighted by Crippen LogP contribution is -2.12. The van der Waals surface area contributed by atoms with Crippen molar-refractivity contribution >= 4 is 38.2 Å². The molecule has 9 nitrogen and oxygen atoms in total. The highest BCUT2D eigenvalue weighted by Gasteiger charge is 2.17. The van der Waals surface area contributed by atoms with E-state index in [-0.39, 0.29) is 33.5 Å². The Hall–Kier alpha value is -3.50. The second-order valence-corrected chi connectivity index (χ2v) is 6.97. The van der Waals surface area contributed by atoms with Crippen molar-refractivity contribution < 1.29 is 27.8 Å². The minimum absolute atomic E-state index is 0.0269. The van der Waals surface area contributed by atoms with Crippen LogP contribution in [0.1, 0.15) is 10.4 Å². The van der Waals surface area contributed by atoms with Crippen molar-refractivity contribution in [1.82, 2.24) is 0 Å². The first-order valence-electron chi connectivity index (χ1n) is 7.46. The third-order valence-corrected chi connectivity index (χ3v) is 4.74. The number of phenols is 1. The Morgan fingerprint density at radius 2 is 1.67 bits per heavy atom. The van der Waals surface area contributed by atoms with Gasteiger partial charge in [0.05, 0.1) is 4.92 Å². The van der Waals surface area contributed by atoms with Crippen molar-refractivity contribution in [3.05, 3.63) is 70.3 Å². The van der Waals surface area contributed by atoms with E-state index in [2.05, 4.69) is 5.32 Å². The molecule has 0 unspecified atom stereocenters. The molecule has 138 valence electrons. The Bertz CT molecular complexity index is 1170. The van der Waals surface area contributed by atoms with Crippen LogP contribution in [0.25, 0.3) is 10.8 Å². The minimum Gasteiger partial charge on any atom is -0.507 e. The molecule has 1 amide bonds. The summed E-state index contributed by atoms with van der Waals surface area (Å²) in [5.41, 5.74) is 0.207. The summed E-state index contributed by atoms with van der Waals surface area (Å²) in [5, 5.41) is 23.3. The third kappa shape index (κ3) is 3.71. The number of amides is 1. The molecule has 0 spiro atoms. The van der Waals surface area contributed by atoms with E-state index in [1.807, 2.05) is 0 Å². The lowest BCUT2D eigenvalue weighted by atomic mass is 10.1. The topological polar surface area (TPSA) is 147 Å². The molecule has 0 aromatic heterocycles. The number of carbonyl (C=O) groups is 1. The molecule has 0 aliphatic carbocycles. The summed E-state index contributed by atoms with van der Waals surface area (Å²) in [6.07, 6.45) is 0. The van der Waals surface area contributed by atoms with E-state index in [1.165, 1.54) is 42.5 Å². The van der Waals surface area contributed by atoms with Gasteiger partial charge in [0.1, 0.15) is 10.6 Å². The lowest BCUT2D eigenvalue weighted by Gasteiger charge is -2.10. The second-order valence-electron chi connectivity index (χ2n) is 5.58. The predicted molar refractivity (Wildman–Crippen MR) is 96.5 cm³/mol. The van der Waals surface area contributed by atoms with E-state index in [9.17, 15) is 33.0 Å². The smallest absolute Gasteiger partial charge is 0.295 e. The van der Waals surface area contributed by atoms with Crippen molar-refractivity contribution in [2.75, 3.05) is 5.32 Å². The number of nitrogens with zero attached hydrogens (tertiary/aromatic N) is 1. The summed E-state index contributed by atoms with van der Waals surface area (Å²) in [7, 11) is -4.54. The van der Waals surface area contributed by atoms with Gasteiger partial charge in [-0.3, -0.25) is 19.5 Å². The predicted octanol–water partition coefficient (Wildman–Crippen LogP) is 2.95. The Balaban J connectivity index is 1.97. The van der Waals surface area contributed by atoms with E-state index in [1.54, 1.807) is 0 Å². The molecule has 10 heteroatoms. The van der Waals surface area contributed by atoms with Crippen LogP contribution in [-0.2, 0) is 10.1 Å². The van der Waals surface area contributed by atoms with Crippen molar-refractivity contribution in [2.24, 2.45) is 0 Å². The molecule has 0 fully saturated rings. The van der Waals surface area contributed by atoms with Crippen LogP contribution in [0.2, 0.25) is 0 Å². The molecule has 0 saturated carbocycles. The Kier molecular flexibility index (Phi) is 4.52. The van der Waals surface area contributed by atoms with E-state index in [4.69, 9.17) is 0 Å². The molecule has 0 atom stereocenters. The molecular weight excluding hydrogens is 376 g/mol. The summed E-state index contributed by atoms with van der Waals surface area (Å²) >= 11 is 0. The van der Waals surface area contributed by atoms with E-state index in [0.29, 0.717) is 0 Å². The van der Waals surface area contributed by atoms with Crippen LogP contribution < -0.4 is 5.32 Å². The Labute approximate surface area is 152 Å². The minimum atomic E-state index is -4.54. The lowest BCUT2D eigenvalue weighted by molar-refractivity contribution is -0.384. The monoisotopic (exact) mass is 388 g/mol. The largest absolute Gasteiger partial charge is 0.507 e. The summed E-state index contributed by atoms with van der Waals surface area (Å²) in [5.74, 6) is -0.761. The number of non-ortho nitro benzene ring substituents is 1. The molecule has 3 aromatic rings. The van der Waals surface area contributed by atoms with Gasteiger partial charge < -0.3 is 10.4 Å². The molecule has 0 aliphatic rings. The first-order chi connectivity index (χ1) is 12.7. The molecular formula is C17H12N2O7S. The SMILES string of the molecule is O=C(Nc1ccc2c(O)ccc(S(=O)(=O)O)c2c1)c1ccc([N+](=O)[O-])cc1. The van der Waals surface area contributed by atoms with Gasteiger partial charge in [-0.1, -0.05) is 0 Å². The first kappa shape index (κ1) is 18.3. The standard InChI is InChI=1S/C17H12N2O7S/c20-15-7-8-16(27(24,25)26)14-9-11(3-6-13(14)15)18-17(21)10-1-4-12(5-2-10)19(22)23/h1-9,20H,(H,18,21)(H,24,25,26).